The van der Waals surface area contributed by atoms with Crippen molar-refractivity contribution in [3.05, 3.63) is 36.5 Å². The van der Waals surface area contributed by atoms with Crippen molar-refractivity contribution in [2.45, 2.75) is 52.4 Å². The second-order valence-corrected chi connectivity index (χ2v) is 4.90. The van der Waals surface area contributed by atoms with Crippen molar-refractivity contribution < 1.29 is 14.7 Å². The molecule has 0 saturated heterocycles. The first-order chi connectivity index (χ1) is 9.59. The van der Waals surface area contributed by atoms with E-state index in [0.717, 1.165) is 32.1 Å². The predicted octanol–water partition coefficient (Wildman–Crippen LogP) is 4.31. The lowest BCUT2D eigenvalue weighted by Crippen LogP contribution is -2.20. The number of carboxylic acid groups (broad SMARTS) is 1. The molecule has 1 N–H and O–H groups in total. The van der Waals surface area contributed by atoms with Crippen LogP contribution in [0.5, 0.6) is 0 Å². The van der Waals surface area contributed by atoms with Crippen LogP contribution in [0, 0.1) is 5.92 Å². The van der Waals surface area contributed by atoms with E-state index in [1.807, 2.05) is 37.3 Å². The summed E-state index contributed by atoms with van der Waals surface area (Å²) in [6.07, 6.45) is 18.2. The van der Waals surface area contributed by atoms with Crippen LogP contribution in [0.1, 0.15) is 52.4 Å². The molecule has 3 heteroatoms. The molecule has 0 aliphatic rings. The van der Waals surface area contributed by atoms with E-state index in [-0.39, 0.29) is 5.92 Å². The highest BCUT2D eigenvalue weighted by molar-refractivity contribution is 6.33. The number of Topliss-reactive ketones (excluding diaryl/α,β-unsaturated/α-hetero) is 1. The third-order valence-corrected chi connectivity index (χ3v) is 3.08. The fraction of sp³-hybridized carbons (Fsp3) is 0.529. The molecular weight excluding hydrogens is 252 g/mol. The Balaban J connectivity index is 3.49. The van der Waals surface area contributed by atoms with Crippen LogP contribution in [-0.2, 0) is 9.59 Å². The second-order valence-electron chi connectivity index (χ2n) is 4.90. The number of unbranched alkanes of at least 4 members (excludes halogenated alkanes) is 4. The van der Waals surface area contributed by atoms with Crippen LogP contribution < -0.4 is 0 Å². The van der Waals surface area contributed by atoms with E-state index >= 15 is 0 Å². The maximum absolute atomic E-state index is 11.1. The zero-order valence-corrected chi connectivity index (χ0v) is 12.5. The minimum Gasteiger partial charge on any atom is -0.475 e. The van der Waals surface area contributed by atoms with Crippen LogP contribution in [-0.4, -0.2) is 16.9 Å². The summed E-state index contributed by atoms with van der Waals surface area (Å²) in [5.41, 5.74) is 0. The van der Waals surface area contributed by atoms with Gasteiger partial charge in [0.1, 0.15) is 0 Å². The summed E-state index contributed by atoms with van der Waals surface area (Å²) in [4.78, 5) is 21.6. The zero-order chi connectivity index (χ0) is 15.2. The van der Waals surface area contributed by atoms with Gasteiger partial charge in [-0.3, -0.25) is 4.79 Å². The summed E-state index contributed by atoms with van der Waals surface area (Å²) in [7, 11) is 0. The van der Waals surface area contributed by atoms with Crippen molar-refractivity contribution in [2.24, 2.45) is 5.92 Å². The van der Waals surface area contributed by atoms with E-state index in [2.05, 4.69) is 6.08 Å². The Labute approximate surface area is 122 Å². The molecule has 0 aliphatic carbocycles. The van der Waals surface area contributed by atoms with Crippen LogP contribution in [0.15, 0.2) is 36.5 Å². The highest BCUT2D eigenvalue weighted by Gasteiger charge is 2.19. The summed E-state index contributed by atoms with van der Waals surface area (Å²) >= 11 is 0. The van der Waals surface area contributed by atoms with Gasteiger partial charge in [0, 0.05) is 5.92 Å². The minimum absolute atomic E-state index is 0.357. The average Bonchev–Trinajstić information content (AvgIpc) is 2.43. The average molecular weight is 278 g/mol. The van der Waals surface area contributed by atoms with Crippen LogP contribution in [0.3, 0.4) is 0 Å². The molecule has 0 saturated carbocycles. The van der Waals surface area contributed by atoms with E-state index in [1.54, 1.807) is 6.92 Å². The Kier molecular flexibility index (Phi) is 11.4. The Bertz CT molecular complexity index is 364. The fourth-order valence-electron chi connectivity index (χ4n) is 1.82. The summed E-state index contributed by atoms with van der Waals surface area (Å²) in [5.74, 6) is -2.33. The molecule has 0 bridgehead atoms. The molecule has 3 nitrogen and oxygen atoms in total. The summed E-state index contributed by atoms with van der Waals surface area (Å²) in [6, 6.07) is 0. The topological polar surface area (TPSA) is 54.4 Å². The zero-order valence-electron chi connectivity index (χ0n) is 12.5. The van der Waals surface area contributed by atoms with Gasteiger partial charge in [-0.05, 0) is 26.2 Å². The van der Waals surface area contributed by atoms with E-state index in [9.17, 15) is 9.59 Å². The molecule has 1 atom stereocenters. The van der Waals surface area contributed by atoms with Crippen LogP contribution in [0.2, 0.25) is 0 Å². The van der Waals surface area contributed by atoms with Gasteiger partial charge in [-0.15, -0.1) is 0 Å². The van der Waals surface area contributed by atoms with Crippen molar-refractivity contribution in [2.75, 3.05) is 0 Å². The van der Waals surface area contributed by atoms with Gasteiger partial charge in [-0.25, -0.2) is 4.79 Å². The van der Waals surface area contributed by atoms with E-state index in [0.29, 0.717) is 6.42 Å². The van der Waals surface area contributed by atoms with Crippen LogP contribution in [0.4, 0.5) is 0 Å². The summed E-state index contributed by atoms with van der Waals surface area (Å²) in [6.45, 7) is 3.68. The number of carbonyl (C=O) groups excluding carboxylic acids is 1. The van der Waals surface area contributed by atoms with Gasteiger partial charge in [-0.2, -0.15) is 0 Å². The van der Waals surface area contributed by atoms with Crippen molar-refractivity contribution in [1.29, 1.82) is 0 Å². The second kappa shape index (κ2) is 12.4. The first kappa shape index (κ1) is 18.4. The van der Waals surface area contributed by atoms with Crippen molar-refractivity contribution in [1.82, 2.24) is 0 Å². The smallest absolute Gasteiger partial charge is 0.372 e. The van der Waals surface area contributed by atoms with E-state index in [1.165, 1.54) is 0 Å². The lowest BCUT2D eigenvalue weighted by molar-refractivity contribution is -0.150. The first-order valence-corrected chi connectivity index (χ1v) is 7.31. The standard InChI is InChI=1S/C17H26O3/c1-3-4-5-6-7-8-9-10-11-12-13-14-15(2)16(18)17(19)20/h3-8,15H,9-14H2,1-2H3,(H,19,20). The van der Waals surface area contributed by atoms with Gasteiger partial charge in [0.25, 0.3) is 0 Å². The van der Waals surface area contributed by atoms with Gasteiger partial charge in [-0.1, -0.05) is 62.6 Å². The highest BCUT2D eigenvalue weighted by atomic mass is 16.4. The fourth-order valence-corrected chi connectivity index (χ4v) is 1.82. The highest BCUT2D eigenvalue weighted by Crippen LogP contribution is 2.12. The minimum atomic E-state index is -1.31. The maximum atomic E-state index is 11.1. The molecule has 0 fully saturated rings. The largest absolute Gasteiger partial charge is 0.475 e. The van der Waals surface area contributed by atoms with Crippen LogP contribution in [0.25, 0.3) is 0 Å². The number of rotatable bonds is 11. The normalized spacial score (nSPS) is 13.5. The molecule has 112 valence electrons. The third kappa shape index (κ3) is 10.3. The Morgan fingerprint density at radius 2 is 1.65 bits per heavy atom. The Morgan fingerprint density at radius 3 is 2.30 bits per heavy atom. The lowest BCUT2D eigenvalue weighted by Gasteiger charge is -2.06. The molecule has 1 unspecified atom stereocenters. The number of carboxylic acids is 1. The van der Waals surface area contributed by atoms with Crippen LogP contribution >= 0.6 is 0 Å². The van der Waals surface area contributed by atoms with Gasteiger partial charge < -0.3 is 5.11 Å². The molecule has 0 aromatic rings. The number of carbonyl (C=O) groups is 2. The first-order valence-electron chi connectivity index (χ1n) is 7.31. The Morgan fingerprint density at radius 1 is 1.00 bits per heavy atom. The van der Waals surface area contributed by atoms with Gasteiger partial charge in [0.15, 0.2) is 0 Å². The number of ketones is 1. The molecule has 0 rings (SSSR count). The number of hydrogen-bond acceptors (Lipinski definition) is 2. The molecule has 0 aliphatic heterocycles. The molecule has 0 radical (unpaired) electrons. The number of allylic oxidation sites excluding steroid dienone is 6. The quantitative estimate of drug-likeness (QED) is 0.348. The number of aliphatic carboxylic acids is 1. The maximum Gasteiger partial charge on any atom is 0.372 e. The molecule has 0 spiro atoms. The molecule has 0 amide bonds. The SMILES string of the molecule is CC=CC=CC=CCCCCCCC(C)C(=O)C(=O)O. The van der Waals surface area contributed by atoms with Gasteiger partial charge in [0.05, 0.1) is 0 Å². The van der Waals surface area contributed by atoms with E-state index < -0.39 is 11.8 Å². The van der Waals surface area contributed by atoms with E-state index in [4.69, 9.17) is 5.11 Å². The van der Waals surface area contributed by atoms with Crippen molar-refractivity contribution in [3.63, 3.8) is 0 Å². The van der Waals surface area contributed by atoms with Crippen molar-refractivity contribution >= 4 is 11.8 Å². The number of hydrogen-bond donors (Lipinski definition) is 1. The molecular formula is C17H26O3. The third-order valence-electron chi connectivity index (χ3n) is 3.08. The molecule has 0 aromatic heterocycles. The Hall–Kier alpha value is -1.64. The predicted molar refractivity (Wildman–Crippen MR) is 82.6 cm³/mol. The molecule has 0 aromatic carbocycles. The lowest BCUT2D eigenvalue weighted by atomic mass is 9.98. The van der Waals surface area contributed by atoms with Gasteiger partial charge in [0.2, 0.25) is 5.78 Å². The summed E-state index contributed by atoms with van der Waals surface area (Å²) in [5, 5.41) is 8.56. The molecule has 20 heavy (non-hydrogen) atoms. The van der Waals surface area contributed by atoms with Gasteiger partial charge >= 0.3 is 5.97 Å². The molecule has 0 heterocycles. The van der Waals surface area contributed by atoms with Crippen molar-refractivity contribution in [3.8, 4) is 0 Å². The monoisotopic (exact) mass is 278 g/mol. The summed E-state index contributed by atoms with van der Waals surface area (Å²) < 4.78 is 0.